The van der Waals surface area contributed by atoms with E-state index in [1.807, 2.05) is 0 Å². The second kappa shape index (κ2) is 6.09. The number of benzene rings is 1. The predicted octanol–water partition coefficient (Wildman–Crippen LogP) is 1.12. The summed E-state index contributed by atoms with van der Waals surface area (Å²) in [5.74, 6) is -0.197. The minimum Gasteiger partial charge on any atom is -0.409 e. The molecule has 0 aliphatic rings. The molecule has 0 fully saturated rings. The van der Waals surface area contributed by atoms with E-state index < -0.39 is 26.7 Å². The van der Waals surface area contributed by atoms with Gasteiger partial charge in [0.15, 0.2) is 0 Å². The third kappa shape index (κ3) is 4.38. The second-order valence-corrected chi connectivity index (χ2v) is 5.53. The standard InChI is InChI=1S/C10H12F3N3O3S/c11-10(12,13)7-2-1-3-8(6-7)20(18,19)15-5-4-9(14)16-17/h1-3,6,15,17H,4-5H2,(H2,14,16). The molecule has 4 N–H and O–H groups in total. The number of nitrogens with one attached hydrogen (secondary N) is 1. The molecular weight excluding hydrogens is 299 g/mol. The van der Waals surface area contributed by atoms with Crippen LogP contribution >= 0.6 is 0 Å². The highest BCUT2D eigenvalue weighted by atomic mass is 32.2. The molecule has 1 rings (SSSR count). The first kappa shape index (κ1) is 16.2. The smallest absolute Gasteiger partial charge is 0.409 e. The largest absolute Gasteiger partial charge is 0.416 e. The molecule has 0 aromatic heterocycles. The number of alkyl halides is 3. The van der Waals surface area contributed by atoms with Crippen LogP contribution in [0.25, 0.3) is 0 Å². The molecule has 0 unspecified atom stereocenters. The molecule has 0 aliphatic carbocycles. The number of oxime groups is 1. The molecule has 0 radical (unpaired) electrons. The van der Waals surface area contributed by atoms with Gasteiger partial charge in [-0.3, -0.25) is 0 Å². The molecule has 0 saturated carbocycles. The minimum absolute atomic E-state index is 0.0747. The predicted molar refractivity (Wildman–Crippen MR) is 64.7 cm³/mol. The number of nitrogens with two attached hydrogens (primary N) is 1. The number of rotatable bonds is 5. The van der Waals surface area contributed by atoms with Crippen LogP contribution in [0.3, 0.4) is 0 Å². The van der Waals surface area contributed by atoms with Crippen molar-refractivity contribution in [3.63, 3.8) is 0 Å². The highest BCUT2D eigenvalue weighted by molar-refractivity contribution is 7.89. The number of halogens is 3. The van der Waals surface area contributed by atoms with Crippen molar-refractivity contribution < 1.29 is 26.8 Å². The SMILES string of the molecule is NC(CCNS(=O)(=O)c1cccc(C(F)(F)F)c1)=NO. The first-order valence-electron chi connectivity index (χ1n) is 5.30. The molecule has 0 heterocycles. The lowest BCUT2D eigenvalue weighted by Crippen LogP contribution is -2.28. The Morgan fingerprint density at radius 1 is 1.40 bits per heavy atom. The lowest BCUT2D eigenvalue weighted by atomic mass is 10.2. The average Bonchev–Trinajstić information content (AvgIpc) is 2.37. The van der Waals surface area contributed by atoms with Crippen LogP contribution in [0.4, 0.5) is 13.2 Å². The van der Waals surface area contributed by atoms with Crippen LogP contribution in [0.15, 0.2) is 34.3 Å². The molecule has 0 bridgehead atoms. The number of amidine groups is 1. The minimum atomic E-state index is -4.63. The molecule has 20 heavy (non-hydrogen) atoms. The fraction of sp³-hybridized carbons (Fsp3) is 0.300. The quantitative estimate of drug-likeness (QED) is 0.328. The van der Waals surface area contributed by atoms with E-state index in [0.29, 0.717) is 6.07 Å². The van der Waals surface area contributed by atoms with E-state index in [1.54, 1.807) is 0 Å². The maximum absolute atomic E-state index is 12.5. The zero-order valence-corrected chi connectivity index (χ0v) is 10.9. The van der Waals surface area contributed by atoms with Crippen molar-refractivity contribution >= 4 is 15.9 Å². The van der Waals surface area contributed by atoms with Crippen molar-refractivity contribution in [2.45, 2.75) is 17.5 Å². The maximum Gasteiger partial charge on any atom is 0.416 e. The maximum atomic E-state index is 12.5. The van der Waals surface area contributed by atoms with Crippen molar-refractivity contribution in [1.82, 2.24) is 4.72 Å². The Hall–Kier alpha value is -1.81. The Morgan fingerprint density at radius 3 is 2.60 bits per heavy atom. The van der Waals surface area contributed by atoms with Crippen molar-refractivity contribution in [2.75, 3.05) is 6.54 Å². The monoisotopic (exact) mass is 311 g/mol. The molecule has 0 spiro atoms. The number of hydrogen-bond donors (Lipinski definition) is 3. The van der Waals surface area contributed by atoms with Gasteiger partial charge in [-0.05, 0) is 18.2 Å². The van der Waals surface area contributed by atoms with Crippen LogP contribution in [0.2, 0.25) is 0 Å². The average molecular weight is 311 g/mol. The molecule has 112 valence electrons. The Labute approximate surface area is 113 Å². The normalized spacial score (nSPS) is 13.4. The summed E-state index contributed by atoms with van der Waals surface area (Å²) in [6, 6.07) is 3.35. The van der Waals surface area contributed by atoms with Crippen LogP contribution < -0.4 is 10.5 Å². The summed E-state index contributed by atoms with van der Waals surface area (Å²) in [5, 5.41) is 10.9. The van der Waals surface area contributed by atoms with E-state index in [-0.39, 0.29) is 18.8 Å². The Bertz CT molecular complexity index is 599. The van der Waals surface area contributed by atoms with Crippen LogP contribution in [-0.2, 0) is 16.2 Å². The fourth-order valence-electron chi connectivity index (χ4n) is 1.29. The number of sulfonamides is 1. The van der Waals surface area contributed by atoms with Gasteiger partial charge in [-0.2, -0.15) is 13.2 Å². The van der Waals surface area contributed by atoms with Gasteiger partial charge in [-0.15, -0.1) is 0 Å². The Morgan fingerprint density at radius 2 is 2.05 bits per heavy atom. The molecule has 0 aliphatic heterocycles. The number of nitrogens with zero attached hydrogens (tertiary/aromatic N) is 1. The van der Waals surface area contributed by atoms with Gasteiger partial charge >= 0.3 is 6.18 Å². The third-order valence-electron chi connectivity index (χ3n) is 2.27. The van der Waals surface area contributed by atoms with E-state index >= 15 is 0 Å². The lowest BCUT2D eigenvalue weighted by Gasteiger charge is -2.10. The molecule has 1 aromatic rings. The second-order valence-electron chi connectivity index (χ2n) is 3.76. The van der Waals surface area contributed by atoms with E-state index in [2.05, 4.69) is 9.88 Å². The zero-order valence-electron chi connectivity index (χ0n) is 10.1. The lowest BCUT2D eigenvalue weighted by molar-refractivity contribution is -0.137. The Balaban J connectivity index is 2.88. The molecule has 0 saturated heterocycles. The van der Waals surface area contributed by atoms with Gasteiger partial charge in [0.25, 0.3) is 0 Å². The van der Waals surface area contributed by atoms with Gasteiger partial charge in [0.1, 0.15) is 5.84 Å². The van der Waals surface area contributed by atoms with Crippen LogP contribution in [-0.4, -0.2) is 26.0 Å². The molecule has 10 heteroatoms. The molecule has 0 atom stereocenters. The highest BCUT2D eigenvalue weighted by Gasteiger charge is 2.31. The van der Waals surface area contributed by atoms with Gasteiger partial charge in [0.05, 0.1) is 10.5 Å². The van der Waals surface area contributed by atoms with Crippen LogP contribution in [0.5, 0.6) is 0 Å². The summed E-state index contributed by atoms with van der Waals surface area (Å²) in [6.07, 6.45) is -4.70. The van der Waals surface area contributed by atoms with Gasteiger partial charge < -0.3 is 10.9 Å². The summed E-state index contributed by atoms with van der Waals surface area (Å²) in [5.41, 5.74) is 4.08. The van der Waals surface area contributed by atoms with Gasteiger partial charge in [-0.25, -0.2) is 13.1 Å². The summed E-state index contributed by atoms with van der Waals surface area (Å²) in [7, 11) is -4.09. The van der Waals surface area contributed by atoms with Crippen molar-refractivity contribution in [3.8, 4) is 0 Å². The summed E-state index contributed by atoms with van der Waals surface area (Å²) >= 11 is 0. The topological polar surface area (TPSA) is 105 Å². The van der Waals surface area contributed by atoms with E-state index in [9.17, 15) is 21.6 Å². The van der Waals surface area contributed by atoms with Crippen LogP contribution in [0, 0.1) is 0 Å². The van der Waals surface area contributed by atoms with Crippen molar-refractivity contribution in [2.24, 2.45) is 10.9 Å². The highest BCUT2D eigenvalue weighted by Crippen LogP contribution is 2.30. The van der Waals surface area contributed by atoms with Gasteiger partial charge in [0.2, 0.25) is 10.0 Å². The zero-order chi connectivity index (χ0) is 15.4. The third-order valence-corrected chi connectivity index (χ3v) is 3.73. The van der Waals surface area contributed by atoms with Gasteiger partial charge in [0, 0.05) is 13.0 Å². The van der Waals surface area contributed by atoms with E-state index in [0.717, 1.165) is 18.2 Å². The molecular formula is C10H12F3N3O3S. The summed E-state index contributed by atoms with van der Waals surface area (Å²) < 4.78 is 63.0. The van der Waals surface area contributed by atoms with Crippen molar-refractivity contribution in [1.29, 1.82) is 0 Å². The van der Waals surface area contributed by atoms with Crippen LogP contribution in [0.1, 0.15) is 12.0 Å². The summed E-state index contributed by atoms with van der Waals surface area (Å²) in [4.78, 5) is -0.508. The van der Waals surface area contributed by atoms with E-state index in [4.69, 9.17) is 10.9 Å². The summed E-state index contributed by atoms with van der Waals surface area (Å²) in [6.45, 7) is -0.200. The van der Waals surface area contributed by atoms with E-state index in [1.165, 1.54) is 0 Å². The fourth-order valence-corrected chi connectivity index (χ4v) is 2.36. The first-order valence-corrected chi connectivity index (χ1v) is 6.78. The van der Waals surface area contributed by atoms with Crippen molar-refractivity contribution in [3.05, 3.63) is 29.8 Å². The number of hydrogen-bond acceptors (Lipinski definition) is 4. The first-order chi connectivity index (χ1) is 9.16. The Kier molecular flexibility index (Phi) is 4.95. The van der Waals surface area contributed by atoms with Gasteiger partial charge in [-0.1, -0.05) is 11.2 Å². The molecule has 0 amide bonds. The molecule has 6 nitrogen and oxygen atoms in total. The molecule has 1 aromatic carbocycles.